The predicted molar refractivity (Wildman–Crippen MR) is 109 cm³/mol. The summed E-state index contributed by atoms with van der Waals surface area (Å²) >= 11 is 6.10. The number of carbonyl (C=O) groups is 1. The molecule has 0 aliphatic heterocycles. The minimum Gasteiger partial charge on any atom is -0.364 e. The molecule has 0 aliphatic carbocycles. The molecule has 3 rings (SSSR count). The minimum absolute atomic E-state index is 0.114. The second-order valence-electron chi connectivity index (χ2n) is 6.16. The van der Waals surface area contributed by atoms with Gasteiger partial charge in [0.2, 0.25) is 5.30 Å². The highest BCUT2D eigenvalue weighted by Gasteiger charge is 2.36. The summed E-state index contributed by atoms with van der Waals surface area (Å²) in [6, 6.07) is 10.8. The molecule has 0 spiro atoms. The molecule has 2 aromatic carbocycles. The molecule has 0 aliphatic rings. The number of aryl methyl sites for hydroxylation is 1. The number of aromatic nitrogens is 1. The average molecular weight is 397 g/mol. The van der Waals surface area contributed by atoms with Crippen molar-refractivity contribution >= 4 is 52.9 Å². The van der Waals surface area contributed by atoms with Crippen molar-refractivity contribution in [2.75, 3.05) is 0 Å². The molecule has 3 N–H and O–H groups in total. The van der Waals surface area contributed by atoms with Gasteiger partial charge in [-0.1, -0.05) is 22.2 Å². The Hall–Kier alpha value is -2.93. The van der Waals surface area contributed by atoms with Gasteiger partial charge < -0.3 is 10.7 Å². The van der Waals surface area contributed by atoms with Gasteiger partial charge in [0, 0.05) is 16.7 Å². The Balaban J connectivity index is 2.29. The second kappa shape index (κ2) is 7.36. The van der Waals surface area contributed by atoms with E-state index in [9.17, 15) is 9.36 Å². The molecule has 1 atom stereocenters. The maximum atomic E-state index is 13.5. The van der Waals surface area contributed by atoms with E-state index >= 15 is 0 Å². The van der Waals surface area contributed by atoms with Crippen LogP contribution in [0.25, 0.3) is 17.0 Å². The van der Waals surface area contributed by atoms with Crippen molar-refractivity contribution in [2.24, 2.45) is 5.73 Å². The standard InChI is InChI=1S/C20H15ClN3O2P/c1-11-8-13(4-3-7-22)12(2)17(9-11)27(26)19-15-10-14(21)5-6-16(15)24-18(19)20(23)25/h3-6,8-10H,1-2H3,(H2-,23,24,25,26)/p+1. The topological polar surface area (TPSA) is 99.7 Å². The number of hydrogen-bond acceptors (Lipinski definition) is 3. The number of H-pyrrole nitrogens is 1. The van der Waals surface area contributed by atoms with Gasteiger partial charge in [-0.15, -0.1) is 0 Å². The van der Waals surface area contributed by atoms with E-state index in [2.05, 4.69) is 4.98 Å². The highest BCUT2D eigenvalue weighted by molar-refractivity contribution is 7.62. The summed E-state index contributed by atoms with van der Waals surface area (Å²) in [7, 11) is -2.12. The molecule has 27 heavy (non-hydrogen) atoms. The van der Waals surface area contributed by atoms with Crippen molar-refractivity contribution in [3.8, 4) is 6.07 Å². The minimum atomic E-state index is -2.12. The van der Waals surface area contributed by atoms with Gasteiger partial charge in [0.1, 0.15) is 0 Å². The van der Waals surface area contributed by atoms with E-state index in [4.69, 9.17) is 22.6 Å². The Bertz CT molecular complexity index is 1170. The maximum absolute atomic E-state index is 13.5. The van der Waals surface area contributed by atoms with E-state index in [1.54, 1.807) is 24.3 Å². The number of nitrogens with two attached hydrogens (primary N) is 1. The van der Waals surface area contributed by atoms with Crippen molar-refractivity contribution in [1.82, 2.24) is 4.98 Å². The van der Waals surface area contributed by atoms with Crippen LogP contribution in [0.4, 0.5) is 0 Å². The third kappa shape index (κ3) is 3.50. The summed E-state index contributed by atoms with van der Waals surface area (Å²) in [5, 5.41) is 10.8. The lowest BCUT2D eigenvalue weighted by Gasteiger charge is -2.03. The summed E-state index contributed by atoms with van der Waals surface area (Å²) < 4.78 is 13.5. The van der Waals surface area contributed by atoms with Gasteiger partial charge in [0.15, 0.2) is 11.0 Å². The molecule has 134 valence electrons. The van der Waals surface area contributed by atoms with E-state index in [-0.39, 0.29) is 5.69 Å². The van der Waals surface area contributed by atoms with Crippen molar-refractivity contribution in [3.05, 3.63) is 63.8 Å². The second-order valence-corrected chi connectivity index (χ2v) is 8.11. The van der Waals surface area contributed by atoms with Gasteiger partial charge in [-0.3, -0.25) is 4.79 Å². The van der Waals surface area contributed by atoms with Crippen LogP contribution in [0.15, 0.2) is 36.4 Å². The number of halogens is 1. The third-order valence-corrected chi connectivity index (χ3v) is 6.31. The van der Waals surface area contributed by atoms with Crippen LogP contribution >= 0.6 is 19.4 Å². The molecule has 0 saturated heterocycles. The highest BCUT2D eigenvalue weighted by Crippen LogP contribution is 2.31. The van der Waals surface area contributed by atoms with Gasteiger partial charge in [-0.2, -0.15) is 5.26 Å². The van der Waals surface area contributed by atoms with Crippen LogP contribution in [0, 0.1) is 25.2 Å². The number of primary amides is 1. The quantitative estimate of drug-likeness (QED) is 0.517. The Labute approximate surface area is 162 Å². The number of nitriles is 1. The van der Waals surface area contributed by atoms with Crippen molar-refractivity contribution < 1.29 is 9.36 Å². The Morgan fingerprint density at radius 1 is 1.30 bits per heavy atom. The summed E-state index contributed by atoms with van der Waals surface area (Å²) in [5.41, 5.74) is 8.75. The summed E-state index contributed by atoms with van der Waals surface area (Å²) in [4.78, 5) is 14.9. The number of benzene rings is 2. The first-order chi connectivity index (χ1) is 12.8. The molecule has 0 radical (unpaired) electrons. The van der Waals surface area contributed by atoms with Crippen LogP contribution in [0.2, 0.25) is 5.02 Å². The van der Waals surface area contributed by atoms with Crippen LogP contribution < -0.4 is 16.3 Å². The van der Waals surface area contributed by atoms with Crippen molar-refractivity contribution in [1.29, 1.82) is 5.26 Å². The number of nitrogens with zero attached hydrogens (tertiary/aromatic N) is 1. The third-order valence-electron chi connectivity index (χ3n) is 4.30. The number of nitrogens with one attached hydrogen (secondary N) is 1. The molecule has 3 aromatic rings. The average Bonchev–Trinajstić information content (AvgIpc) is 3.00. The SMILES string of the molecule is Cc1cc(C=CC#N)c(C)c([P+](=O)c2c(C(N)=O)[nH]c3ccc(Cl)cc23)c1. The summed E-state index contributed by atoms with van der Waals surface area (Å²) in [6.07, 6.45) is 3.05. The van der Waals surface area contributed by atoms with Crippen LogP contribution in [0.5, 0.6) is 0 Å². The number of aromatic amines is 1. The highest BCUT2D eigenvalue weighted by atomic mass is 35.5. The molecule has 1 amide bonds. The van der Waals surface area contributed by atoms with Crippen molar-refractivity contribution in [3.63, 3.8) is 0 Å². The maximum Gasteiger partial charge on any atom is 0.418 e. The number of allylic oxidation sites excluding steroid dienone is 1. The zero-order valence-electron chi connectivity index (χ0n) is 14.7. The molecular formula is C20H16ClN3O2P+. The van der Waals surface area contributed by atoms with E-state index in [0.717, 1.165) is 16.7 Å². The first-order valence-electron chi connectivity index (χ1n) is 8.09. The lowest BCUT2D eigenvalue weighted by molar-refractivity contribution is 0.0997. The smallest absolute Gasteiger partial charge is 0.364 e. The van der Waals surface area contributed by atoms with Gasteiger partial charge >= 0.3 is 7.80 Å². The number of rotatable bonds is 4. The molecule has 0 bridgehead atoms. The lowest BCUT2D eigenvalue weighted by atomic mass is 10.1. The normalized spacial score (nSPS) is 11.7. The molecule has 0 fully saturated rings. The monoisotopic (exact) mass is 396 g/mol. The molecular weight excluding hydrogens is 381 g/mol. The van der Waals surface area contributed by atoms with Crippen LogP contribution in [-0.4, -0.2) is 10.9 Å². The van der Waals surface area contributed by atoms with Crippen LogP contribution in [0.1, 0.15) is 27.2 Å². The zero-order valence-corrected chi connectivity index (χ0v) is 16.4. The Morgan fingerprint density at radius 2 is 2.04 bits per heavy atom. The largest absolute Gasteiger partial charge is 0.418 e. The molecule has 0 saturated carbocycles. The Morgan fingerprint density at radius 3 is 2.70 bits per heavy atom. The molecule has 7 heteroatoms. The van der Waals surface area contributed by atoms with Gasteiger partial charge in [0.05, 0.1) is 17.0 Å². The molecule has 5 nitrogen and oxygen atoms in total. The van der Waals surface area contributed by atoms with Gasteiger partial charge in [-0.05, 0) is 55.3 Å². The van der Waals surface area contributed by atoms with E-state index in [1.807, 2.05) is 32.0 Å². The van der Waals surface area contributed by atoms with Gasteiger partial charge in [0.25, 0.3) is 5.91 Å². The van der Waals surface area contributed by atoms with E-state index < -0.39 is 13.7 Å². The number of carbonyl (C=O) groups excluding carboxylic acids is 1. The fraction of sp³-hybridized carbons (Fsp3) is 0.100. The predicted octanol–water partition coefficient (Wildman–Crippen LogP) is 3.85. The Kier molecular flexibility index (Phi) is 5.14. The van der Waals surface area contributed by atoms with Crippen LogP contribution in [-0.2, 0) is 4.57 Å². The number of fused-ring (bicyclic) bond motifs is 1. The van der Waals surface area contributed by atoms with E-state index in [0.29, 0.717) is 26.5 Å². The lowest BCUT2D eigenvalue weighted by Crippen LogP contribution is -2.21. The van der Waals surface area contributed by atoms with Crippen LogP contribution in [0.3, 0.4) is 0 Å². The first-order valence-corrected chi connectivity index (χ1v) is 9.73. The fourth-order valence-corrected chi connectivity index (χ4v) is 4.98. The summed E-state index contributed by atoms with van der Waals surface area (Å²) in [6.45, 7) is 3.72. The number of amides is 1. The molecule has 1 unspecified atom stereocenters. The zero-order chi connectivity index (χ0) is 19.7. The molecule has 1 aromatic heterocycles. The van der Waals surface area contributed by atoms with E-state index in [1.165, 1.54) is 6.08 Å². The van der Waals surface area contributed by atoms with Crippen molar-refractivity contribution in [2.45, 2.75) is 13.8 Å². The van der Waals surface area contributed by atoms with Gasteiger partial charge in [-0.25, -0.2) is 0 Å². The molecule has 1 heterocycles. The fourth-order valence-electron chi connectivity index (χ4n) is 3.04. The number of hydrogen-bond donors (Lipinski definition) is 2. The summed E-state index contributed by atoms with van der Waals surface area (Å²) in [5.74, 6) is -0.685. The first kappa shape index (κ1) is 18.8.